The maximum Gasteiger partial charge on any atom is 0.433 e. The second-order valence-corrected chi connectivity index (χ2v) is 4.73. The van der Waals surface area contributed by atoms with E-state index in [0.717, 1.165) is 18.9 Å². The quantitative estimate of drug-likeness (QED) is 0.804. The minimum Gasteiger partial charge on any atom is -0.376 e. The minimum absolute atomic E-state index is 0.0214. The van der Waals surface area contributed by atoms with E-state index in [0.29, 0.717) is 13.2 Å². The Morgan fingerprint density at radius 2 is 2.21 bits per heavy atom. The van der Waals surface area contributed by atoms with Gasteiger partial charge in [-0.2, -0.15) is 13.2 Å². The third-order valence-electron chi connectivity index (χ3n) is 2.87. The Morgan fingerprint density at radius 1 is 1.47 bits per heavy atom. The summed E-state index contributed by atoms with van der Waals surface area (Å²) in [6, 6.07) is 0.890. The van der Waals surface area contributed by atoms with E-state index in [2.05, 4.69) is 9.97 Å². The number of hydrogen-bond donors (Lipinski definition) is 0. The van der Waals surface area contributed by atoms with Crippen LogP contribution in [0, 0.1) is 0 Å². The third kappa shape index (κ3) is 3.70. The van der Waals surface area contributed by atoms with E-state index in [1.54, 1.807) is 11.9 Å². The summed E-state index contributed by atoms with van der Waals surface area (Å²) in [4.78, 5) is 8.60. The number of ether oxygens (including phenoxy) is 1. The van der Waals surface area contributed by atoms with Crippen LogP contribution in [-0.4, -0.2) is 36.3 Å². The van der Waals surface area contributed by atoms with Gasteiger partial charge in [0.1, 0.15) is 5.82 Å². The molecule has 1 saturated heterocycles. The molecule has 1 aromatic heterocycles. The van der Waals surface area contributed by atoms with Crippen molar-refractivity contribution in [3.05, 3.63) is 17.0 Å². The van der Waals surface area contributed by atoms with Gasteiger partial charge in [0.2, 0.25) is 5.28 Å². The first kappa shape index (κ1) is 14.3. The van der Waals surface area contributed by atoms with Crippen LogP contribution in [0.25, 0.3) is 0 Å². The van der Waals surface area contributed by atoms with Gasteiger partial charge >= 0.3 is 6.18 Å². The van der Waals surface area contributed by atoms with Gasteiger partial charge in [0.25, 0.3) is 0 Å². The summed E-state index contributed by atoms with van der Waals surface area (Å²) in [6.45, 7) is 1.17. The topological polar surface area (TPSA) is 38.2 Å². The minimum atomic E-state index is -4.54. The van der Waals surface area contributed by atoms with Gasteiger partial charge in [-0.3, -0.25) is 0 Å². The predicted molar refractivity (Wildman–Crippen MR) is 64.3 cm³/mol. The smallest absolute Gasteiger partial charge is 0.376 e. The van der Waals surface area contributed by atoms with Gasteiger partial charge in [-0.25, -0.2) is 9.97 Å². The molecule has 1 aliphatic heterocycles. The largest absolute Gasteiger partial charge is 0.433 e. The molecule has 19 heavy (non-hydrogen) atoms. The number of nitrogens with zero attached hydrogens (tertiary/aromatic N) is 3. The SMILES string of the molecule is CN(CC1CCCO1)c1cc(C(F)(F)F)nc(Cl)n1. The molecule has 0 spiro atoms. The Balaban J connectivity index is 2.16. The van der Waals surface area contributed by atoms with E-state index in [9.17, 15) is 13.2 Å². The average Bonchev–Trinajstić information content (AvgIpc) is 2.79. The van der Waals surface area contributed by atoms with Gasteiger partial charge in [-0.15, -0.1) is 0 Å². The lowest BCUT2D eigenvalue weighted by atomic mass is 10.2. The lowest BCUT2D eigenvalue weighted by Crippen LogP contribution is -2.29. The van der Waals surface area contributed by atoms with Crippen molar-refractivity contribution in [3.63, 3.8) is 0 Å². The number of halogens is 4. The van der Waals surface area contributed by atoms with Gasteiger partial charge in [-0.05, 0) is 24.4 Å². The van der Waals surface area contributed by atoms with Crippen LogP contribution in [0.2, 0.25) is 5.28 Å². The summed E-state index contributed by atoms with van der Waals surface area (Å²) in [7, 11) is 1.65. The lowest BCUT2D eigenvalue weighted by molar-refractivity contribution is -0.141. The Morgan fingerprint density at radius 3 is 2.79 bits per heavy atom. The highest BCUT2D eigenvalue weighted by molar-refractivity contribution is 6.28. The van der Waals surface area contributed by atoms with E-state index >= 15 is 0 Å². The number of aromatic nitrogens is 2. The van der Waals surface area contributed by atoms with E-state index in [1.165, 1.54) is 0 Å². The van der Waals surface area contributed by atoms with Crippen molar-refractivity contribution in [2.45, 2.75) is 25.1 Å². The molecule has 0 amide bonds. The Bertz CT molecular complexity index is 449. The molecule has 1 fully saturated rings. The number of rotatable bonds is 3. The highest BCUT2D eigenvalue weighted by Gasteiger charge is 2.34. The molecule has 0 N–H and O–H groups in total. The maximum absolute atomic E-state index is 12.6. The van der Waals surface area contributed by atoms with Crippen molar-refractivity contribution in [3.8, 4) is 0 Å². The zero-order valence-electron chi connectivity index (χ0n) is 10.2. The molecule has 2 heterocycles. The molecule has 4 nitrogen and oxygen atoms in total. The number of anilines is 1. The molecule has 0 saturated carbocycles. The van der Waals surface area contributed by atoms with E-state index < -0.39 is 17.2 Å². The molecule has 0 radical (unpaired) electrons. The van der Waals surface area contributed by atoms with Gasteiger partial charge in [0.05, 0.1) is 6.10 Å². The number of hydrogen-bond acceptors (Lipinski definition) is 4. The Hall–Kier alpha value is -1.08. The highest BCUT2D eigenvalue weighted by Crippen LogP contribution is 2.30. The van der Waals surface area contributed by atoms with E-state index in [4.69, 9.17) is 16.3 Å². The highest BCUT2D eigenvalue weighted by atomic mass is 35.5. The van der Waals surface area contributed by atoms with Gasteiger partial charge in [-0.1, -0.05) is 0 Å². The molecule has 1 aliphatic rings. The number of likely N-dealkylation sites (N-methyl/N-ethyl adjacent to an activating group) is 1. The fraction of sp³-hybridized carbons (Fsp3) is 0.636. The molecule has 0 aliphatic carbocycles. The fourth-order valence-corrected chi connectivity index (χ4v) is 2.11. The second kappa shape index (κ2) is 5.50. The van der Waals surface area contributed by atoms with Crippen molar-refractivity contribution in [2.75, 3.05) is 25.1 Å². The molecule has 8 heteroatoms. The molecular formula is C11H13ClF3N3O. The van der Waals surface area contributed by atoms with Gasteiger partial charge in [0.15, 0.2) is 5.69 Å². The molecule has 0 aromatic carbocycles. The Labute approximate surface area is 113 Å². The van der Waals surface area contributed by atoms with Crippen LogP contribution >= 0.6 is 11.6 Å². The van der Waals surface area contributed by atoms with Crippen molar-refractivity contribution < 1.29 is 17.9 Å². The molecule has 106 valence electrons. The first-order chi connectivity index (χ1) is 8.86. The van der Waals surface area contributed by atoms with E-state index in [1.807, 2.05) is 0 Å². The summed E-state index contributed by atoms with van der Waals surface area (Å²) >= 11 is 5.54. The maximum atomic E-state index is 12.6. The zero-order chi connectivity index (χ0) is 14.0. The standard InChI is InChI=1S/C11H13ClF3N3O/c1-18(6-7-3-2-4-19-7)9-5-8(11(13,14)15)16-10(12)17-9/h5,7H,2-4,6H2,1H3. The van der Waals surface area contributed by atoms with Crippen LogP contribution in [0.5, 0.6) is 0 Å². The lowest BCUT2D eigenvalue weighted by Gasteiger charge is -2.22. The van der Waals surface area contributed by atoms with Crippen molar-refractivity contribution in [1.29, 1.82) is 0 Å². The van der Waals surface area contributed by atoms with Crippen molar-refractivity contribution in [2.24, 2.45) is 0 Å². The summed E-state index contributed by atoms with van der Waals surface area (Å²) in [5.74, 6) is 0.142. The van der Waals surface area contributed by atoms with Crippen LogP contribution in [0.1, 0.15) is 18.5 Å². The first-order valence-corrected chi connectivity index (χ1v) is 6.18. The van der Waals surface area contributed by atoms with Crippen LogP contribution in [0.4, 0.5) is 19.0 Å². The van der Waals surface area contributed by atoms with Crippen LogP contribution in [-0.2, 0) is 10.9 Å². The van der Waals surface area contributed by atoms with Crippen molar-refractivity contribution in [1.82, 2.24) is 9.97 Å². The predicted octanol–water partition coefficient (Wildman–Crippen LogP) is 2.76. The first-order valence-electron chi connectivity index (χ1n) is 5.81. The monoisotopic (exact) mass is 295 g/mol. The van der Waals surface area contributed by atoms with Gasteiger partial charge in [0, 0.05) is 26.3 Å². The van der Waals surface area contributed by atoms with E-state index in [-0.39, 0.29) is 11.9 Å². The third-order valence-corrected chi connectivity index (χ3v) is 3.04. The van der Waals surface area contributed by atoms with Gasteiger partial charge < -0.3 is 9.64 Å². The average molecular weight is 296 g/mol. The van der Waals surface area contributed by atoms with Crippen LogP contribution in [0.15, 0.2) is 6.07 Å². The molecule has 1 atom stereocenters. The fourth-order valence-electron chi connectivity index (χ4n) is 1.93. The zero-order valence-corrected chi connectivity index (χ0v) is 11.0. The summed E-state index contributed by atoms with van der Waals surface area (Å²) in [6.07, 6.45) is -2.65. The summed E-state index contributed by atoms with van der Waals surface area (Å²) < 4.78 is 43.3. The Kier molecular flexibility index (Phi) is 4.15. The van der Waals surface area contributed by atoms with Crippen molar-refractivity contribution >= 4 is 17.4 Å². The normalized spacial score (nSPS) is 19.7. The van der Waals surface area contributed by atoms with Crippen LogP contribution in [0.3, 0.4) is 0 Å². The summed E-state index contributed by atoms with van der Waals surface area (Å²) in [5.41, 5.74) is -1.04. The molecule has 0 bridgehead atoms. The molecular weight excluding hydrogens is 283 g/mol. The summed E-state index contributed by atoms with van der Waals surface area (Å²) in [5, 5.41) is -0.413. The molecule has 2 rings (SSSR count). The molecule has 1 aromatic rings. The van der Waals surface area contributed by atoms with Crippen LogP contribution < -0.4 is 4.90 Å². The second-order valence-electron chi connectivity index (χ2n) is 4.39. The number of alkyl halides is 3. The molecule has 1 unspecified atom stereocenters.